The summed E-state index contributed by atoms with van der Waals surface area (Å²) in [7, 11) is 0. The Morgan fingerprint density at radius 2 is 2.44 bits per heavy atom. The number of hydrogen-bond acceptors (Lipinski definition) is 1. The van der Waals surface area contributed by atoms with Crippen LogP contribution in [0.5, 0.6) is 0 Å². The molecular formula is C13H15ClFN3. The number of hydrogen-bond donors (Lipinski definition) is 2. The van der Waals surface area contributed by atoms with Crippen LogP contribution in [0.25, 0.3) is 0 Å². The Kier molecular flexibility index (Phi) is 3.87. The number of nitrogens with one attached hydrogen (secondary N) is 1. The van der Waals surface area contributed by atoms with Gasteiger partial charge < -0.3 is 11.1 Å². The third-order valence-corrected chi connectivity index (χ3v) is 3.19. The van der Waals surface area contributed by atoms with Gasteiger partial charge in [0.15, 0.2) is 5.96 Å². The molecule has 0 spiro atoms. The monoisotopic (exact) mass is 267 g/mol. The van der Waals surface area contributed by atoms with Crippen molar-refractivity contribution < 1.29 is 4.39 Å². The van der Waals surface area contributed by atoms with Gasteiger partial charge in [0.25, 0.3) is 0 Å². The average molecular weight is 268 g/mol. The van der Waals surface area contributed by atoms with Gasteiger partial charge in [0, 0.05) is 12.0 Å². The summed E-state index contributed by atoms with van der Waals surface area (Å²) in [6.07, 6.45) is 2.60. The van der Waals surface area contributed by atoms with E-state index in [1.54, 1.807) is 12.1 Å². The molecule has 0 amide bonds. The smallest absolute Gasteiger partial charge is 0.189 e. The van der Waals surface area contributed by atoms with E-state index in [2.05, 4.69) is 16.9 Å². The minimum Gasteiger partial charge on any atom is -0.370 e. The van der Waals surface area contributed by atoms with Crippen molar-refractivity contribution in [2.24, 2.45) is 10.7 Å². The fraction of sp³-hybridized carbons (Fsp3) is 0.308. The second kappa shape index (κ2) is 5.40. The predicted octanol–water partition coefficient (Wildman–Crippen LogP) is 2.43. The molecule has 3 N–H and O–H groups in total. The molecule has 1 aliphatic rings. The molecule has 3 nitrogen and oxygen atoms in total. The highest BCUT2D eigenvalue weighted by Gasteiger charge is 2.39. The van der Waals surface area contributed by atoms with Crippen molar-refractivity contribution in [1.82, 2.24) is 5.32 Å². The zero-order valence-electron chi connectivity index (χ0n) is 9.87. The van der Waals surface area contributed by atoms with Gasteiger partial charge in [0.1, 0.15) is 5.82 Å². The molecule has 0 heterocycles. The van der Waals surface area contributed by atoms with Crippen molar-refractivity contribution in [1.29, 1.82) is 0 Å². The number of benzene rings is 1. The van der Waals surface area contributed by atoms with Gasteiger partial charge in [-0.3, -0.25) is 0 Å². The van der Waals surface area contributed by atoms with Gasteiger partial charge in [0.2, 0.25) is 0 Å². The second-order valence-electron chi connectivity index (χ2n) is 4.28. The van der Waals surface area contributed by atoms with Crippen molar-refractivity contribution in [3.63, 3.8) is 0 Å². The van der Waals surface area contributed by atoms with Gasteiger partial charge in [-0.1, -0.05) is 23.7 Å². The Morgan fingerprint density at radius 1 is 1.67 bits per heavy atom. The van der Waals surface area contributed by atoms with Gasteiger partial charge >= 0.3 is 0 Å². The van der Waals surface area contributed by atoms with Gasteiger partial charge in [-0.15, -0.1) is 6.58 Å². The molecule has 18 heavy (non-hydrogen) atoms. The molecule has 5 heteroatoms. The number of nitrogens with two attached hydrogens (primary N) is 1. The molecule has 2 atom stereocenters. The maximum absolute atomic E-state index is 13.3. The maximum Gasteiger partial charge on any atom is 0.189 e. The van der Waals surface area contributed by atoms with Gasteiger partial charge in [-0.05, 0) is 24.1 Å². The summed E-state index contributed by atoms with van der Waals surface area (Å²) in [5.74, 6) is 0.291. The highest BCUT2D eigenvalue weighted by molar-refractivity contribution is 6.30. The number of rotatable bonds is 4. The first-order valence-corrected chi connectivity index (χ1v) is 6.12. The van der Waals surface area contributed by atoms with E-state index < -0.39 is 0 Å². The predicted molar refractivity (Wildman–Crippen MR) is 72.4 cm³/mol. The maximum atomic E-state index is 13.3. The summed E-state index contributed by atoms with van der Waals surface area (Å²) < 4.78 is 13.3. The highest BCUT2D eigenvalue weighted by atomic mass is 35.5. The second-order valence-corrected chi connectivity index (χ2v) is 4.69. The van der Waals surface area contributed by atoms with Crippen LogP contribution in [-0.2, 0) is 0 Å². The van der Waals surface area contributed by atoms with Crippen molar-refractivity contribution >= 4 is 17.6 Å². The van der Waals surface area contributed by atoms with Crippen molar-refractivity contribution in [2.75, 3.05) is 6.54 Å². The van der Waals surface area contributed by atoms with E-state index in [-0.39, 0.29) is 22.8 Å². The topological polar surface area (TPSA) is 50.4 Å². The number of nitrogens with zero attached hydrogens (tertiary/aromatic N) is 1. The molecule has 0 unspecified atom stereocenters. The zero-order valence-corrected chi connectivity index (χ0v) is 10.6. The average Bonchev–Trinajstić information content (AvgIpc) is 3.09. The van der Waals surface area contributed by atoms with Crippen molar-refractivity contribution in [3.8, 4) is 0 Å². The van der Waals surface area contributed by atoms with Crippen LogP contribution in [0.1, 0.15) is 17.9 Å². The van der Waals surface area contributed by atoms with Crippen molar-refractivity contribution in [3.05, 3.63) is 47.3 Å². The minimum atomic E-state index is -0.381. The van der Waals surface area contributed by atoms with Gasteiger partial charge in [-0.25, -0.2) is 9.38 Å². The van der Waals surface area contributed by atoms with E-state index in [1.807, 2.05) is 6.07 Å². The molecule has 1 aromatic rings. The van der Waals surface area contributed by atoms with Gasteiger partial charge in [-0.2, -0.15) is 0 Å². The minimum absolute atomic E-state index is 0.149. The number of halogens is 2. The molecule has 1 aromatic carbocycles. The Labute approximate surface area is 111 Å². The van der Waals surface area contributed by atoms with E-state index in [0.717, 1.165) is 12.0 Å². The van der Waals surface area contributed by atoms with Crippen LogP contribution in [0.2, 0.25) is 5.02 Å². The lowest BCUT2D eigenvalue weighted by molar-refractivity contribution is 0.625. The molecule has 0 aromatic heterocycles. The first kappa shape index (κ1) is 12.9. The fourth-order valence-corrected chi connectivity index (χ4v) is 1.98. The summed E-state index contributed by atoms with van der Waals surface area (Å²) in [6.45, 7) is 4.06. The normalized spacial score (nSPS) is 22.7. The standard InChI is InChI=1S/C13H15ClFN3/c1-2-5-17-13(16)18-12-7-9(12)8-3-4-10(14)11(15)6-8/h2-4,6,9,12H,1,5,7H2,(H3,16,17,18)/t9-,12+/m0/s1. The molecule has 96 valence electrons. The lowest BCUT2D eigenvalue weighted by Gasteiger charge is -2.05. The quantitative estimate of drug-likeness (QED) is 0.500. The summed E-state index contributed by atoms with van der Waals surface area (Å²) >= 11 is 5.64. The van der Waals surface area contributed by atoms with E-state index in [4.69, 9.17) is 17.3 Å². The van der Waals surface area contributed by atoms with Crippen LogP contribution < -0.4 is 11.1 Å². The largest absolute Gasteiger partial charge is 0.370 e. The van der Waals surface area contributed by atoms with E-state index in [1.165, 1.54) is 6.07 Å². The molecule has 1 fully saturated rings. The Balaban J connectivity index is 1.94. The molecule has 0 aliphatic heterocycles. The van der Waals surface area contributed by atoms with Crippen LogP contribution in [0.4, 0.5) is 4.39 Å². The molecule has 0 saturated heterocycles. The van der Waals surface area contributed by atoms with Crippen LogP contribution >= 0.6 is 11.6 Å². The molecular weight excluding hydrogens is 253 g/mol. The summed E-state index contributed by atoms with van der Waals surface area (Å²) in [5, 5.41) is 3.24. The zero-order chi connectivity index (χ0) is 13.1. The first-order valence-electron chi connectivity index (χ1n) is 5.74. The lowest BCUT2D eigenvalue weighted by Crippen LogP contribution is -2.34. The summed E-state index contributed by atoms with van der Waals surface area (Å²) in [4.78, 5) is 4.05. The SMILES string of the molecule is C=CCN=C(N)N[C@@H]1C[C@H]1c1ccc(Cl)c(F)c1. The van der Waals surface area contributed by atoms with Crippen LogP contribution in [0, 0.1) is 5.82 Å². The third-order valence-electron chi connectivity index (χ3n) is 2.89. The molecule has 1 aliphatic carbocycles. The Morgan fingerprint density at radius 3 is 3.11 bits per heavy atom. The van der Waals surface area contributed by atoms with Crippen LogP contribution in [0.3, 0.4) is 0 Å². The highest BCUT2D eigenvalue weighted by Crippen LogP contribution is 2.41. The number of aliphatic imine (C=N–C) groups is 1. The Hall–Kier alpha value is -1.55. The third kappa shape index (κ3) is 3.01. The fourth-order valence-electron chi connectivity index (χ4n) is 1.86. The summed E-state index contributed by atoms with van der Waals surface area (Å²) in [5.41, 5.74) is 6.63. The van der Waals surface area contributed by atoms with E-state index in [9.17, 15) is 4.39 Å². The number of guanidine groups is 1. The van der Waals surface area contributed by atoms with Crippen LogP contribution in [0.15, 0.2) is 35.8 Å². The molecule has 0 bridgehead atoms. The van der Waals surface area contributed by atoms with Crippen molar-refractivity contribution in [2.45, 2.75) is 18.4 Å². The molecule has 1 saturated carbocycles. The lowest BCUT2D eigenvalue weighted by atomic mass is 10.1. The van der Waals surface area contributed by atoms with E-state index in [0.29, 0.717) is 12.5 Å². The summed E-state index contributed by atoms with van der Waals surface area (Å²) in [6, 6.07) is 5.12. The van der Waals surface area contributed by atoms with Gasteiger partial charge in [0.05, 0.1) is 11.6 Å². The first-order chi connectivity index (χ1) is 8.61. The van der Waals surface area contributed by atoms with Crippen LogP contribution in [-0.4, -0.2) is 18.5 Å². The molecule has 0 radical (unpaired) electrons. The Bertz CT molecular complexity index is 487. The molecule has 2 rings (SSSR count). The van der Waals surface area contributed by atoms with E-state index >= 15 is 0 Å².